The van der Waals surface area contributed by atoms with Gasteiger partial charge in [0, 0.05) is 36.4 Å². The molecule has 4 nitrogen and oxygen atoms in total. The van der Waals surface area contributed by atoms with Crippen LogP contribution in [0, 0.1) is 0 Å². The second-order valence-electron chi connectivity index (χ2n) is 5.44. The molecule has 25 heavy (non-hydrogen) atoms. The van der Waals surface area contributed by atoms with Crippen LogP contribution in [-0.2, 0) is 11.3 Å². The van der Waals surface area contributed by atoms with Gasteiger partial charge in [0.2, 0.25) is 5.91 Å². The molecule has 0 aliphatic rings. The van der Waals surface area contributed by atoms with Crippen molar-refractivity contribution in [3.05, 3.63) is 60.8 Å². The largest absolute Gasteiger partial charge is 0.573 e. The second-order valence-corrected chi connectivity index (χ2v) is 5.44. The molecule has 0 saturated heterocycles. The molecule has 0 radical (unpaired) electrons. The number of rotatable bonds is 5. The van der Waals surface area contributed by atoms with Crippen LogP contribution in [0.2, 0.25) is 0 Å². The van der Waals surface area contributed by atoms with Crippen molar-refractivity contribution in [2.75, 3.05) is 5.32 Å². The van der Waals surface area contributed by atoms with Gasteiger partial charge in [-0.2, -0.15) is 0 Å². The van der Waals surface area contributed by atoms with Crippen LogP contribution < -0.4 is 10.1 Å². The second kappa shape index (κ2) is 6.88. The number of anilines is 1. The van der Waals surface area contributed by atoms with Crippen LogP contribution in [0.5, 0.6) is 5.75 Å². The van der Waals surface area contributed by atoms with E-state index in [4.69, 9.17) is 0 Å². The predicted octanol–water partition coefficient (Wildman–Crippen LogP) is 4.57. The molecule has 0 unspecified atom stereocenters. The lowest BCUT2D eigenvalue weighted by Crippen LogP contribution is -2.17. The zero-order valence-electron chi connectivity index (χ0n) is 13.1. The molecule has 7 heteroatoms. The molecule has 1 aromatic heterocycles. The van der Waals surface area contributed by atoms with Crippen molar-refractivity contribution in [1.82, 2.24) is 4.57 Å². The van der Waals surface area contributed by atoms with Crippen molar-refractivity contribution in [3.8, 4) is 5.75 Å². The van der Waals surface area contributed by atoms with Crippen LogP contribution in [0.3, 0.4) is 0 Å². The van der Waals surface area contributed by atoms with Gasteiger partial charge in [-0.15, -0.1) is 13.2 Å². The van der Waals surface area contributed by atoms with Gasteiger partial charge < -0.3 is 14.6 Å². The molecule has 3 rings (SSSR count). The Kier molecular flexibility index (Phi) is 4.65. The molecule has 1 N–H and O–H groups in total. The number of nitrogens with one attached hydrogen (secondary N) is 1. The maximum atomic E-state index is 12.2. The van der Waals surface area contributed by atoms with Crippen molar-refractivity contribution in [2.24, 2.45) is 0 Å². The lowest BCUT2D eigenvalue weighted by Gasteiger charge is -2.11. The molecule has 0 spiro atoms. The number of fused-ring (bicyclic) bond motifs is 1. The van der Waals surface area contributed by atoms with Crippen molar-refractivity contribution in [1.29, 1.82) is 0 Å². The zero-order valence-corrected chi connectivity index (χ0v) is 13.1. The third-order valence-corrected chi connectivity index (χ3v) is 3.61. The predicted molar refractivity (Wildman–Crippen MR) is 88.3 cm³/mol. The number of halogens is 3. The number of amides is 1. The summed E-state index contributed by atoms with van der Waals surface area (Å²) in [4.78, 5) is 12.1. The Morgan fingerprint density at radius 2 is 1.88 bits per heavy atom. The lowest BCUT2D eigenvalue weighted by atomic mass is 10.2. The topological polar surface area (TPSA) is 43.3 Å². The average Bonchev–Trinajstić information content (AvgIpc) is 2.95. The first-order valence-electron chi connectivity index (χ1n) is 7.60. The third-order valence-electron chi connectivity index (χ3n) is 3.61. The number of hydrogen-bond donors (Lipinski definition) is 1. The number of aryl methyl sites for hydroxylation is 1. The highest BCUT2D eigenvalue weighted by Crippen LogP contribution is 2.25. The summed E-state index contributed by atoms with van der Waals surface area (Å²) in [6, 6.07) is 15.0. The first kappa shape index (κ1) is 16.9. The van der Waals surface area contributed by atoms with Gasteiger partial charge in [0.25, 0.3) is 0 Å². The van der Waals surface area contributed by atoms with Crippen LogP contribution in [0.4, 0.5) is 18.9 Å². The van der Waals surface area contributed by atoms with E-state index in [-0.39, 0.29) is 23.8 Å². The monoisotopic (exact) mass is 348 g/mol. The molecule has 0 fully saturated rings. The summed E-state index contributed by atoms with van der Waals surface area (Å²) in [5.74, 6) is -0.663. The molecular weight excluding hydrogens is 333 g/mol. The number of para-hydroxylation sites is 1. The summed E-state index contributed by atoms with van der Waals surface area (Å²) in [5, 5.41) is 3.66. The standard InChI is InChI=1S/C18H15F3N2O2/c19-18(20,21)25-15-6-3-5-14(12-15)22-17(24)9-11-23-10-8-13-4-1-2-7-16(13)23/h1-8,10,12H,9,11H2,(H,22,24). The number of aromatic nitrogens is 1. The molecule has 0 saturated carbocycles. The van der Waals surface area contributed by atoms with Crippen LogP contribution in [-0.4, -0.2) is 16.8 Å². The SMILES string of the molecule is O=C(CCn1ccc2ccccc21)Nc1cccc(OC(F)(F)F)c1. The number of hydrogen-bond acceptors (Lipinski definition) is 2. The summed E-state index contributed by atoms with van der Waals surface area (Å²) in [7, 11) is 0. The van der Waals surface area contributed by atoms with Gasteiger partial charge in [-0.1, -0.05) is 24.3 Å². The molecule has 1 amide bonds. The smallest absolute Gasteiger partial charge is 0.406 e. The van der Waals surface area contributed by atoms with Gasteiger partial charge in [-0.25, -0.2) is 0 Å². The molecule has 0 bridgehead atoms. The molecular formula is C18H15F3N2O2. The third kappa shape index (κ3) is 4.53. The lowest BCUT2D eigenvalue weighted by molar-refractivity contribution is -0.274. The number of alkyl halides is 3. The molecule has 0 aliphatic carbocycles. The highest BCUT2D eigenvalue weighted by Gasteiger charge is 2.31. The summed E-state index contributed by atoms with van der Waals surface area (Å²) >= 11 is 0. The van der Waals surface area contributed by atoms with Gasteiger partial charge >= 0.3 is 6.36 Å². The minimum atomic E-state index is -4.77. The van der Waals surface area contributed by atoms with Crippen LogP contribution in [0.15, 0.2) is 60.8 Å². The fourth-order valence-electron chi connectivity index (χ4n) is 2.55. The Bertz CT molecular complexity index is 887. The highest BCUT2D eigenvalue weighted by atomic mass is 19.4. The van der Waals surface area contributed by atoms with Crippen LogP contribution in [0.25, 0.3) is 10.9 Å². The number of benzene rings is 2. The van der Waals surface area contributed by atoms with E-state index < -0.39 is 6.36 Å². The molecule has 0 atom stereocenters. The van der Waals surface area contributed by atoms with Gasteiger partial charge in [-0.3, -0.25) is 4.79 Å². The first-order chi connectivity index (χ1) is 11.9. The van der Waals surface area contributed by atoms with Gasteiger partial charge in [0.1, 0.15) is 5.75 Å². The number of nitrogens with zero attached hydrogens (tertiary/aromatic N) is 1. The van der Waals surface area contributed by atoms with E-state index in [9.17, 15) is 18.0 Å². The van der Waals surface area contributed by atoms with Crippen molar-refractivity contribution < 1.29 is 22.7 Å². The van der Waals surface area contributed by atoms with Crippen LogP contribution in [0.1, 0.15) is 6.42 Å². The molecule has 2 aromatic carbocycles. The van der Waals surface area contributed by atoms with Gasteiger partial charge in [0.15, 0.2) is 0 Å². The van der Waals surface area contributed by atoms with Crippen LogP contribution >= 0.6 is 0 Å². The average molecular weight is 348 g/mol. The Morgan fingerprint density at radius 1 is 1.08 bits per heavy atom. The maximum absolute atomic E-state index is 12.2. The van der Waals surface area contributed by atoms with Crippen molar-refractivity contribution in [2.45, 2.75) is 19.3 Å². The zero-order chi connectivity index (χ0) is 17.9. The number of carbonyl (C=O) groups excluding carboxylic acids is 1. The normalized spacial score (nSPS) is 11.5. The Balaban J connectivity index is 1.60. The highest BCUT2D eigenvalue weighted by molar-refractivity contribution is 5.91. The first-order valence-corrected chi connectivity index (χ1v) is 7.60. The van der Waals surface area contributed by atoms with E-state index in [1.807, 2.05) is 41.1 Å². The minimum absolute atomic E-state index is 0.197. The summed E-state index contributed by atoms with van der Waals surface area (Å²) in [5.41, 5.74) is 1.28. The van der Waals surface area contributed by atoms with Crippen molar-refractivity contribution in [3.63, 3.8) is 0 Å². The Hall–Kier alpha value is -2.96. The number of ether oxygens (including phenoxy) is 1. The molecule has 1 heterocycles. The fraction of sp³-hybridized carbons (Fsp3) is 0.167. The molecule has 130 valence electrons. The summed E-state index contributed by atoms with van der Waals surface area (Å²) < 4.78 is 42.5. The van der Waals surface area contributed by atoms with Crippen molar-refractivity contribution >= 4 is 22.5 Å². The van der Waals surface area contributed by atoms with Gasteiger partial charge in [0.05, 0.1) is 0 Å². The van der Waals surface area contributed by atoms with E-state index >= 15 is 0 Å². The Morgan fingerprint density at radius 3 is 2.68 bits per heavy atom. The van der Waals surface area contributed by atoms with E-state index in [0.29, 0.717) is 6.54 Å². The van der Waals surface area contributed by atoms with Gasteiger partial charge in [-0.05, 0) is 29.7 Å². The summed E-state index contributed by atoms with van der Waals surface area (Å²) in [6.45, 7) is 0.470. The number of carbonyl (C=O) groups is 1. The quantitative estimate of drug-likeness (QED) is 0.734. The molecule has 3 aromatic rings. The van der Waals surface area contributed by atoms with E-state index in [1.54, 1.807) is 0 Å². The van der Waals surface area contributed by atoms with E-state index in [1.165, 1.54) is 18.2 Å². The molecule has 0 aliphatic heterocycles. The minimum Gasteiger partial charge on any atom is -0.406 e. The fourth-order valence-corrected chi connectivity index (χ4v) is 2.55. The maximum Gasteiger partial charge on any atom is 0.573 e. The van der Waals surface area contributed by atoms with E-state index in [0.717, 1.165) is 17.0 Å². The Labute approximate surface area is 141 Å². The summed E-state index contributed by atoms with van der Waals surface area (Å²) in [6.07, 6.45) is -2.67. The van der Waals surface area contributed by atoms with E-state index in [2.05, 4.69) is 10.1 Å².